The molecule has 0 aliphatic rings. The molecule has 0 amide bonds. The Balaban J connectivity index is 1.92. The van der Waals surface area contributed by atoms with Crippen molar-refractivity contribution in [3.8, 4) is 5.75 Å². The molecule has 9 nitrogen and oxygen atoms in total. The summed E-state index contributed by atoms with van der Waals surface area (Å²) in [5, 5.41) is 24.6. The van der Waals surface area contributed by atoms with Crippen molar-refractivity contribution in [1.82, 2.24) is 14.3 Å². The van der Waals surface area contributed by atoms with Gasteiger partial charge in [-0.1, -0.05) is 11.6 Å². The average Bonchev–Trinajstić information content (AvgIpc) is 3.23. The van der Waals surface area contributed by atoms with Gasteiger partial charge in [-0.25, -0.2) is 4.68 Å². The van der Waals surface area contributed by atoms with Crippen molar-refractivity contribution in [2.75, 3.05) is 0 Å². The van der Waals surface area contributed by atoms with E-state index in [1.54, 1.807) is 13.0 Å². The van der Waals surface area contributed by atoms with Crippen molar-refractivity contribution in [2.45, 2.75) is 6.92 Å². The van der Waals surface area contributed by atoms with Gasteiger partial charge in [-0.15, -0.1) is 0 Å². The lowest BCUT2D eigenvalue weighted by molar-refractivity contribution is -0.384. The van der Waals surface area contributed by atoms with Crippen LogP contribution in [0.5, 0.6) is 5.75 Å². The highest BCUT2D eigenvalue weighted by Gasteiger charge is 2.22. The summed E-state index contributed by atoms with van der Waals surface area (Å²) >= 11 is 0. The summed E-state index contributed by atoms with van der Waals surface area (Å²) < 4.78 is 2.25. The Morgan fingerprint density at radius 2 is 1.96 bits per heavy atom. The maximum atomic E-state index is 12.5. The third kappa shape index (κ3) is 2.97. The number of rotatable bonds is 4. The Kier molecular flexibility index (Phi) is 4.13. The van der Waals surface area contributed by atoms with Crippen molar-refractivity contribution in [2.24, 2.45) is 7.05 Å². The topological polar surface area (TPSA) is 120 Å². The summed E-state index contributed by atoms with van der Waals surface area (Å²) in [6.45, 7) is 1.78. The normalized spacial score (nSPS) is 10.7. The number of nitro groups is 1. The second-order valence-electron chi connectivity index (χ2n) is 5.78. The summed E-state index contributed by atoms with van der Waals surface area (Å²) in [5.74, 6) is -1.27. The zero-order valence-corrected chi connectivity index (χ0v) is 13.9. The van der Waals surface area contributed by atoms with E-state index in [-0.39, 0.29) is 28.3 Å². The predicted octanol–water partition coefficient (Wildman–Crippen LogP) is 2.06. The Morgan fingerprint density at radius 3 is 2.62 bits per heavy atom. The number of phenols is 1. The molecule has 1 aromatic carbocycles. The minimum Gasteiger partial charge on any atom is -0.507 e. The maximum Gasteiger partial charge on any atom is 0.295 e. The summed E-state index contributed by atoms with van der Waals surface area (Å²) in [6, 6.07) is 5.76. The molecule has 0 bridgehead atoms. The first-order valence-electron chi connectivity index (χ1n) is 7.52. The van der Waals surface area contributed by atoms with Gasteiger partial charge in [-0.05, 0) is 19.1 Å². The van der Waals surface area contributed by atoms with E-state index in [2.05, 4.69) is 5.10 Å². The van der Waals surface area contributed by atoms with E-state index in [9.17, 15) is 24.8 Å². The summed E-state index contributed by atoms with van der Waals surface area (Å²) in [6.07, 6.45) is 3.65. The van der Waals surface area contributed by atoms with Crippen molar-refractivity contribution in [3.63, 3.8) is 0 Å². The molecular formula is C17H14N4O5. The molecule has 26 heavy (non-hydrogen) atoms. The van der Waals surface area contributed by atoms with Crippen molar-refractivity contribution < 1.29 is 19.6 Å². The summed E-state index contributed by atoms with van der Waals surface area (Å²) in [4.78, 5) is 35.2. The molecule has 132 valence electrons. The summed E-state index contributed by atoms with van der Waals surface area (Å²) in [5.41, 5.74) is 0.849. The molecule has 9 heteroatoms. The van der Waals surface area contributed by atoms with Crippen LogP contribution >= 0.6 is 0 Å². The molecule has 0 atom stereocenters. The number of hydrogen-bond acceptors (Lipinski definition) is 6. The highest BCUT2D eigenvalue weighted by atomic mass is 16.6. The lowest BCUT2D eigenvalue weighted by Crippen LogP contribution is -2.15. The van der Waals surface area contributed by atoms with E-state index >= 15 is 0 Å². The number of ketones is 1. The molecule has 0 unspecified atom stereocenters. The standard InChI is InChI=1S/C17H14N4O5/c1-10-3-4-15(22)13(5-10)16(23)11-7-18-20(8-11)17(24)14-6-12(21(25)26)9-19(14)2/h3-9,22H,1-2H3. The molecule has 0 saturated carbocycles. The van der Waals surface area contributed by atoms with E-state index in [1.165, 1.54) is 42.3 Å². The lowest BCUT2D eigenvalue weighted by Gasteiger charge is -2.03. The monoisotopic (exact) mass is 354 g/mol. The van der Waals surface area contributed by atoms with Gasteiger partial charge in [0.1, 0.15) is 11.4 Å². The Labute approximate surface area is 147 Å². The first kappa shape index (κ1) is 17.1. The van der Waals surface area contributed by atoms with Gasteiger partial charge in [0.15, 0.2) is 5.78 Å². The highest BCUT2D eigenvalue weighted by Crippen LogP contribution is 2.22. The second-order valence-corrected chi connectivity index (χ2v) is 5.78. The second kappa shape index (κ2) is 6.28. The summed E-state index contributed by atoms with van der Waals surface area (Å²) in [7, 11) is 1.50. The van der Waals surface area contributed by atoms with Crippen molar-refractivity contribution in [1.29, 1.82) is 0 Å². The number of benzene rings is 1. The zero-order chi connectivity index (χ0) is 19.0. The molecule has 2 heterocycles. The van der Waals surface area contributed by atoms with Crippen LogP contribution in [0.1, 0.15) is 32.0 Å². The fraction of sp³-hybridized carbons (Fsp3) is 0.118. The minimum absolute atomic E-state index is 0.0530. The molecule has 0 aliphatic carbocycles. The van der Waals surface area contributed by atoms with Gasteiger partial charge in [0, 0.05) is 19.3 Å². The number of nitrogens with zero attached hydrogens (tertiary/aromatic N) is 4. The number of phenolic OH excluding ortho intramolecular Hbond substituents is 1. The van der Waals surface area contributed by atoms with Gasteiger partial charge in [0.05, 0.1) is 28.4 Å². The highest BCUT2D eigenvalue weighted by molar-refractivity contribution is 6.11. The molecule has 0 spiro atoms. The van der Waals surface area contributed by atoms with Crippen LogP contribution in [0, 0.1) is 17.0 Å². The predicted molar refractivity (Wildman–Crippen MR) is 90.3 cm³/mol. The van der Waals surface area contributed by atoms with Crippen LogP contribution in [-0.4, -0.2) is 36.1 Å². The van der Waals surface area contributed by atoms with Crippen molar-refractivity contribution >= 4 is 17.4 Å². The molecule has 0 aliphatic heterocycles. The fourth-order valence-corrected chi connectivity index (χ4v) is 2.52. The van der Waals surface area contributed by atoms with Gasteiger partial charge >= 0.3 is 0 Å². The van der Waals surface area contributed by atoms with Crippen LogP contribution < -0.4 is 0 Å². The molecule has 3 rings (SSSR count). The smallest absolute Gasteiger partial charge is 0.295 e. The quantitative estimate of drug-likeness (QED) is 0.435. The van der Waals surface area contributed by atoms with Gasteiger partial charge in [0.25, 0.3) is 11.6 Å². The van der Waals surface area contributed by atoms with E-state index in [0.29, 0.717) is 0 Å². The van der Waals surface area contributed by atoms with Crippen LogP contribution in [0.4, 0.5) is 5.69 Å². The SMILES string of the molecule is Cc1ccc(O)c(C(=O)c2cnn(C(=O)c3cc([N+](=O)[O-])cn3C)c2)c1. The third-order valence-electron chi connectivity index (χ3n) is 3.87. The largest absolute Gasteiger partial charge is 0.507 e. The lowest BCUT2D eigenvalue weighted by atomic mass is 10.0. The van der Waals surface area contributed by atoms with Gasteiger partial charge in [-0.2, -0.15) is 5.10 Å². The zero-order valence-electron chi connectivity index (χ0n) is 13.9. The number of aryl methyl sites for hydroxylation is 2. The number of hydrogen-bond donors (Lipinski definition) is 1. The Morgan fingerprint density at radius 1 is 1.23 bits per heavy atom. The fourth-order valence-electron chi connectivity index (χ4n) is 2.52. The molecule has 3 aromatic rings. The molecule has 0 fully saturated rings. The number of carbonyl (C=O) groups is 2. The average molecular weight is 354 g/mol. The number of aromatic nitrogens is 3. The van der Waals surface area contributed by atoms with E-state index in [1.807, 2.05) is 0 Å². The number of aromatic hydroxyl groups is 1. The van der Waals surface area contributed by atoms with Crippen LogP contribution in [0.15, 0.2) is 42.9 Å². The maximum absolute atomic E-state index is 12.5. The number of carbonyl (C=O) groups excluding carboxylic acids is 2. The Bertz CT molecular complexity index is 1050. The van der Waals surface area contributed by atoms with Crippen LogP contribution in [0.25, 0.3) is 0 Å². The Hall–Kier alpha value is -3.75. The van der Waals surface area contributed by atoms with Crippen LogP contribution in [-0.2, 0) is 7.05 Å². The van der Waals surface area contributed by atoms with Crippen LogP contribution in [0.2, 0.25) is 0 Å². The minimum atomic E-state index is -0.617. The van der Waals surface area contributed by atoms with Gasteiger partial charge in [-0.3, -0.25) is 19.7 Å². The molecular weight excluding hydrogens is 340 g/mol. The van der Waals surface area contributed by atoms with Crippen molar-refractivity contribution in [3.05, 3.63) is 75.4 Å². The van der Waals surface area contributed by atoms with Gasteiger partial charge in [0.2, 0.25) is 0 Å². The van der Waals surface area contributed by atoms with Crippen LogP contribution in [0.3, 0.4) is 0 Å². The third-order valence-corrected chi connectivity index (χ3v) is 3.87. The molecule has 2 aromatic heterocycles. The van der Waals surface area contributed by atoms with E-state index in [4.69, 9.17) is 0 Å². The first-order chi connectivity index (χ1) is 12.3. The molecule has 0 saturated heterocycles. The first-order valence-corrected chi connectivity index (χ1v) is 7.52. The molecule has 1 N–H and O–H groups in total. The van der Waals surface area contributed by atoms with E-state index < -0.39 is 16.6 Å². The van der Waals surface area contributed by atoms with E-state index in [0.717, 1.165) is 16.3 Å². The van der Waals surface area contributed by atoms with Gasteiger partial charge < -0.3 is 9.67 Å². The molecule has 0 radical (unpaired) electrons.